The van der Waals surface area contributed by atoms with Gasteiger partial charge in [-0.1, -0.05) is 121 Å². The molecule has 0 spiro atoms. The Balaban J connectivity index is 1.02. The zero-order chi connectivity index (χ0) is 37.2. The fraction of sp³-hybridized carbons (Fsp3) is 0. The van der Waals surface area contributed by atoms with Crippen LogP contribution in [-0.2, 0) is 0 Å². The average molecular weight is 733 g/mol. The number of para-hydroxylation sites is 8. The van der Waals surface area contributed by atoms with Crippen LogP contribution < -0.4 is 14.4 Å². The molecule has 0 amide bonds. The topological polar surface area (TPSA) is 65.6 Å². The van der Waals surface area contributed by atoms with Crippen LogP contribution in [0.25, 0.3) is 83.0 Å². The molecule has 0 bridgehead atoms. The average Bonchev–Trinajstić information content (AvgIpc) is 3.82. The summed E-state index contributed by atoms with van der Waals surface area (Å²) in [6, 6.07) is 58.2. The molecule has 2 aliphatic heterocycles. The zero-order valence-electron chi connectivity index (χ0n) is 30.2. The smallest absolute Gasteiger partial charge is 0.235 e. The number of hydrogen-bond acceptors (Lipinski definition) is 6. The first-order chi connectivity index (χ1) is 28.3. The highest BCUT2D eigenvalue weighted by Crippen LogP contribution is 2.62. The molecule has 8 aromatic carbocycles. The predicted octanol–water partition coefficient (Wildman–Crippen LogP) is 13.6. The summed E-state index contributed by atoms with van der Waals surface area (Å²) in [7, 11) is 0. The maximum atomic E-state index is 6.88. The molecule has 0 atom stereocenters. The number of nitrogens with zero attached hydrogens (tertiary/aromatic N) is 4. The largest absolute Gasteiger partial charge is 0.455 e. The van der Waals surface area contributed by atoms with E-state index in [1.807, 2.05) is 60.7 Å². The van der Waals surface area contributed by atoms with Crippen LogP contribution in [0.5, 0.6) is 23.0 Å². The first-order valence-corrected chi connectivity index (χ1v) is 19.0. The van der Waals surface area contributed by atoms with Crippen molar-refractivity contribution in [2.75, 3.05) is 4.90 Å². The molecule has 7 heteroatoms. The van der Waals surface area contributed by atoms with Crippen molar-refractivity contribution in [2.24, 2.45) is 0 Å². The number of ether oxygens (including phenoxy) is 2. The first kappa shape index (κ1) is 30.4. The molecule has 3 aromatic heterocycles. The van der Waals surface area contributed by atoms with E-state index in [1.165, 1.54) is 0 Å². The predicted molar refractivity (Wildman–Crippen MR) is 227 cm³/mol. The minimum atomic E-state index is 0.558. The molecule has 0 unspecified atom stereocenters. The van der Waals surface area contributed by atoms with E-state index < -0.39 is 0 Å². The second-order valence-corrected chi connectivity index (χ2v) is 14.5. The maximum absolute atomic E-state index is 6.88. The molecule has 57 heavy (non-hydrogen) atoms. The van der Waals surface area contributed by atoms with Gasteiger partial charge in [-0.2, -0.15) is 0 Å². The fourth-order valence-corrected chi connectivity index (χ4v) is 8.88. The Labute approximate surface area is 325 Å². The number of fused-ring (bicyclic) bond motifs is 12. The molecule has 0 N–H and O–H groups in total. The normalized spacial score (nSPS) is 12.8. The van der Waals surface area contributed by atoms with Crippen molar-refractivity contribution < 1.29 is 13.9 Å². The summed E-state index contributed by atoms with van der Waals surface area (Å²) in [5.74, 6) is 3.55. The van der Waals surface area contributed by atoms with Crippen molar-refractivity contribution in [3.63, 3.8) is 0 Å². The van der Waals surface area contributed by atoms with E-state index >= 15 is 0 Å². The lowest BCUT2D eigenvalue weighted by Gasteiger charge is -2.38. The molecule has 0 fully saturated rings. The van der Waals surface area contributed by atoms with Crippen molar-refractivity contribution in [2.45, 2.75) is 0 Å². The summed E-state index contributed by atoms with van der Waals surface area (Å²) < 4.78 is 22.1. The highest BCUT2D eigenvalue weighted by molar-refractivity contribution is 6.17. The minimum Gasteiger partial charge on any atom is -0.455 e. The summed E-state index contributed by atoms with van der Waals surface area (Å²) in [5, 5.41) is 5.19. The minimum absolute atomic E-state index is 0.558. The molecule has 0 saturated carbocycles. The Morgan fingerprint density at radius 2 is 1.14 bits per heavy atom. The van der Waals surface area contributed by atoms with Crippen molar-refractivity contribution in [3.8, 4) is 51.3 Å². The third-order valence-corrected chi connectivity index (χ3v) is 11.4. The van der Waals surface area contributed by atoms with Gasteiger partial charge in [-0.3, -0.25) is 9.47 Å². The lowest BCUT2D eigenvalue weighted by molar-refractivity contribution is 0.450. The number of furan rings is 1. The maximum Gasteiger partial charge on any atom is 0.235 e. The van der Waals surface area contributed by atoms with Gasteiger partial charge in [0.15, 0.2) is 23.0 Å². The molecular formula is C50H28N4O3. The number of aromatic nitrogens is 3. The van der Waals surface area contributed by atoms with Gasteiger partial charge in [0, 0.05) is 38.7 Å². The van der Waals surface area contributed by atoms with Crippen LogP contribution in [0.15, 0.2) is 174 Å². The third kappa shape index (κ3) is 4.25. The summed E-state index contributed by atoms with van der Waals surface area (Å²) in [6.07, 6.45) is 0. The van der Waals surface area contributed by atoms with Crippen molar-refractivity contribution in [1.29, 1.82) is 0 Å². The SMILES string of the molecule is c1ccc2c(c1)Oc1cc3c(c4c1N2c1ccccc1O4)c1ccccc1n3-c1nc(-c2ccc(-c3cccc4c3oc3ccccc34)cc2)c2ccccc2n1. The summed E-state index contributed by atoms with van der Waals surface area (Å²) in [6.45, 7) is 0. The first-order valence-electron chi connectivity index (χ1n) is 19.0. The van der Waals surface area contributed by atoms with Gasteiger partial charge in [0.25, 0.3) is 0 Å². The monoisotopic (exact) mass is 732 g/mol. The van der Waals surface area contributed by atoms with Gasteiger partial charge in [-0.25, -0.2) is 9.97 Å². The van der Waals surface area contributed by atoms with Gasteiger partial charge in [0.1, 0.15) is 16.9 Å². The van der Waals surface area contributed by atoms with Gasteiger partial charge >= 0.3 is 0 Å². The van der Waals surface area contributed by atoms with Gasteiger partial charge in [-0.15, -0.1) is 0 Å². The van der Waals surface area contributed by atoms with Crippen LogP contribution >= 0.6 is 0 Å². The molecule has 266 valence electrons. The lowest BCUT2D eigenvalue weighted by atomic mass is 9.99. The molecule has 2 aliphatic rings. The molecular weight excluding hydrogens is 705 g/mol. The number of anilines is 3. The quantitative estimate of drug-likeness (QED) is 0.180. The molecule has 11 aromatic rings. The molecule has 0 radical (unpaired) electrons. The highest BCUT2D eigenvalue weighted by atomic mass is 16.5. The van der Waals surface area contributed by atoms with Gasteiger partial charge in [0.2, 0.25) is 5.95 Å². The van der Waals surface area contributed by atoms with E-state index in [0.29, 0.717) is 11.7 Å². The molecule has 5 heterocycles. The van der Waals surface area contributed by atoms with Crippen molar-refractivity contribution >= 4 is 71.7 Å². The lowest BCUT2D eigenvalue weighted by Crippen LogP contribution is -2.20. The Morgan fingerprint density at radius 3 is 1.98 bits per heavy atom. The number of hydrogen-bond donors (Lipinski definition) is 0. The Kier molecular flexibility index (Phi) is 6.04. The molecule has 0 aliphatic carbocycles. The van der Waals surface area contributed by atoms with Crippen LogP contribution in [0.3, 0.4) is 0 Å². The van der Waals surface area contributed by atoms with E-state index in [4.69, 9.17) is 23.9 Å². The van der Waals surface area contributed by atoms with E-state index in [2.05, 4.69) is 119 Å². The second-order valence-electron chi connectivity index (χ2n) is 14.5. The van der Waals surface area contributed by atoms with Crippen LogP contribution in [0.1, 0.15) is 0 Å². The Bertz CT molecular complexity index is 3480. The third-order valence-electron chi connectivity index (χ3n) is 11.4. The molecule has 13 rings (SSSR count). The van der Waals surface area contributed by atoms with Gasteiger partial charge in [0.05, 0.1) is 39.0 Å². The van der Waals surface area contributed by atoms with Crippen molar-refractivity contribution in [3.05, 3.63) is 170 Å². The van der Waals surface area contributed by atoms with Gasteiger partial charge < -0.3 is 13.9 Å². The van der Waals surface area contributed by atoms with Crippen LogP contribution in [0, 0.1) is 0 Å². The van der Waals surface area contributed by atoms with Crippen molar-refractivity contribution in [1.82, 2.24) is 14.5 Å². The Hall–Kier alpha value is -7.90. The number of rotatable bonds is 3. The second kappa shape index (κ2) is 11.3. The van der Waals surface area contributed by atoms with Crippen LogP contribution in [0.4, 0.5) is 17.1 Å². The summed E-state index contributed by atoms with van der Waals surface area (Å²) in [4.78, 5) is 12.9. The zero-order valence-corrected chi connectivity index (χ0v) is 30.2. The Morgan fingerprint density at radius 1 is 0.474 bits per heavy atom. The van der Waals surface area contributed by atoms with Crippen LogP contribution in [0.2, 0.25) is 0 Å². The fourth-order valence-electron chi connectivity index (χ4n) is 8.88. The van der Waals surface area contributed by atoms with E-state index in [-0.39, 0.29) is 0 Å². The van der Waals surface area contributed by atoms with E-state index in [1.54, 1.807) is 0 Å². The highest BCUT2D eigenvalue weighted by Gasteiger charge is 2.37. The van der Waals surface area contributed by atoms with Crippen LogP contribution in [-0.4, -0.2) is 14.5 Å². The summed E-state index contributed by atoms with van der Waals surface area (Å²) in [5.41, 5.74) is 11.2. The van der Waals surface area contributed by atoms with Gasteiger partial charge in [-0.05, 0) is 48.0 Å². The molecule has 7 nitrogen and oxygen atoms in total. The standard InChI is InChI=1S/C50H28N4O3/c1-4-17-36-34(13-1)46(30-26-24-29(25-27-30)31-15-11-16-33-32-12-3-8-21-41(32)56-48(31)33)52-50(51-36)54-37-18-5-2-14-35(37)45-40(54)28-44-47-49(45)57-43-23-10-7-20-39(43)53(47)38-19-6-9-22-42(38)55-44/h1-28H. The number of benzene rings is 8. The van der Waals surface area contributed by atoms with E-state index in [9.17, 15) is 0 Å². The van der Waals surface area contributed by atoms with E-state index in [0.717, 1.165) is 111 Å². The summed E-state index contributed by atoms with van der Waals surface area (Å²) >= 11 is 0. The molecule has 0 saturated heterocycles.